The molecule has 1 aliphatic carbocycles. The Bertz CT molecular complexity index is 592. The molecule has 0 aliphatic heterocycles. The van der Waals surface area contributed by atoms with Gasteiger partial charge in [-0.3, -0.25) is 4.72 Å². The van der Waals surface area contributed by atoms with Gasteiger partial charge in [-0.25, -0.2) is 13.2 Å². The van der Waals surface area contributed by atoms with Gasteiger partial charge in [0.1, 0.15) is 0 Å². The van der Waals surface area contributed by atoms with E-state index in [-0.39, 0.29) is 22.2 Å². The molecule has 0 saturated heterocycles. The Morgan fingerprint density at radius 3 is 2.47 bits per heavy atom. The predicted molar refractivity (Wildman–Crippen MR) is 72.6 cm³/mol. The molecule has 1 aromatic rings. The van der Waals surface area contributed by atoms with Crippen LogP contribution in [0, 0.1) is 0 Å². The van der Waals surface area contributed by atoms with Gasteiger partial charge in [0.25, 0.3) is 0 Å². The maximum Gasteiger partial charge on any atom is 0.335 e. The zero-order chi connectivity index (χ0) is 14.0. The largest absolute Gasteiger partial charge is 0.478 e. The van der Waals surface area contributed by atoms with Gasteiger partial charge in [-0.05, 0) is 31.0 Å². The van der Waals surface area contributed by atoms with Crippen molar-refractivity contribution in [1.82, 2.24) is 0 Å². The molecule has 0 amide bonds. The third-order valence-corrected chi connectivity index (χ3v) is 5.15. The van der Waals surface area contributed by atoms with Gasteiger partial charge in [0, 0.05) is 0 Å². The third kappa shape index (κ3) is 2.98. The predicted octanol–water partition coefficient (Wildman–Crippen LogP) is 1.65. The van der Waals surface area contributed by atoms with E-state index in [1.165, 1.54) is 18.2 Å². The van der Waals surface area contributed by atoms with Crippen molar-refractivity contribution in [2.45, 2.75) is 30.9 Å². The van der Waals surface area contributed by atoms with E-state index in [2.05, 4.69) is 4.72 Å². The number of anilines is 2. The van der Waals surface area contributed by atoms with Gasteiger partial charge < -0.3 is 10.8 Å². The summed E-state index contributed by atoms with van der Waals surface area (Å²) in [5.41, 5.74) is 6.05. The van der Waals surface area contributed by atoms with Crippen molar-refractivity contribution in [1.29, 1.82) is 0 Å². The zero-order valence-electron chi connectivity index (χ0n) is 10.3. The lowest BCUT2D eigenvalue weighted by Crippen LogP contribution is -2.25. The number of hydrogen-bond donors (Lipinski definition) is 3. The van der Waals surface area contributed by atoms with Gasteiger partial charge in [0.2, 0.25) is 10.0 Å². The number of rotatable bonds is 4. The minimum atomic E-state index is -3.45. The summed E-state index contributed by atoms with van der Waals surface area (Å²) in [5.74, 6) is -1.10. The average Bonchev–Trinajstić information content (AvgIpc) is 2.85. The summed E-state index contributed by atoms with van der Waals surface area (Å²) >= 11 is 0. The molecule has 0 unspecified atom stereocenters. The number of hydrogen-bond acceptors (Lipinski definition) is 4. The Morgan fingerprint density at radius 1 is 1.32 bits per heavy atom. The highest BCUT2D eigenvalue weighted by molar-refractivity contribution is 7.93. The molecule has 4 N–H and O–H groups in total. The van der Waals surface area contributed by atoms with E-state index in [1.54, 1.807) is 0 Å². The lowest BCUT2D eigenvalue weighted by Gasteiger charge is -2.15. The van der Waals surface area contributed by atoms with Crippen LogP contribution in [0.3, 0.4) is 0 Å². The van der Waals surface area contributed by atoms with Crippen LogP contribution in [0.5, 0.6) is 0 Å². The monoisotopic (exact) mass is 284 g/mol. The summed E-state index contributed by atoms with van der Waals surface area (Å²) in [4.78, 5) is 10.8. The first-order chi connectivity index (χ1) is 8.90. The molecule has 1 saturated carbocycles. The normalized spacial score (nSPS) is 16.4. The first-order valence-corrected chi connectivity index (χ1v) is 7.59. The average molecular weight is 284 g/mol. The number of benzene rings is 1. The summed E-state index contributed by atoms with van der Waals surface area (Å²) in [6.07, 6.45) is 3.14. The molecular formula is C12H16N2O4S. The van der Waals surface area contributed by atoms with Gasteiger partial charge >= 0.3 is 5.97 Å². The van der Waals surface area contributed by atoms with Crippen molar-refractivity contribution in [3.63, 3.8) is 0 Å². The van der Waals surface area contributed by atoms with E-state index in [9.17, 15) is 13.2 Å². The van der Waals surface area contributed by atoms with Crippen LogP contribution in [0.25, 0.3) is 0 Å². The molecule has 104 valence electrons. The van der Waals surface area contributed by atoms with Gasteiger partial charge in [0.15, 0.2) is 0 Å². The van der Waals surface area contributed by atoms with Crippen LogP contribution in [-0.4, -0.2) is 24.7 Å². The number of sulfonamides is 1. The summed E-state index contributed by atoms with van der Waals surface area (Å²) in [6, 6.07) is 3.95. The second-order valence-electron chi connectivity index (χ2n) is 4.66. The summed E-state index contributed by atoms with van der Waals surface area (Å²) in [7, 11) is -3.45. The van der Waals surface area contributed by atoms with Crippen LogP contribution in [0.15, 0.2) is 18.2 Å². The van der Waals surface area contributed by atoms with Gasteiger partial charge in [-0.2, -0.15) is 0 Å². The topological polar surface area (TPSA) is 109 Å². The first-order valence-electron chi connectivity index (χ1n) is 6.04. The quantitative estimate of drug-likeness (QED) is 0.728. The maximum atomic E-state index is 12.1. The van der Waals surface area contributed by atoms with Crippen LogP contribution in [-0.2, 0) is 10.0 Å². The van der Waals surface area contributed by atoms with Gasteiger partial charge in [-0.15, -0.1) is 0 Å². The fourth-order valence-corrected chi connectivity index (χ4v) is 3.84. The highest BCUT2D eigenvalue weighted by atomic mass is 32.2. The van der Waals surface area contributed by atoms with E-state index < -0.39 is 16.0 Å². The Labute approximate surface area is 111 Å². The molecule has 0 aromatic heterocycles. The number of carboxylic acids is 1. The minimum absolute atomic E-state index is 0.0290. The maximum absolute atomic E-state index is 12.1. The highest BCUT2D eigenvalue weighted by Crippen LogP contribution is 2.28. The van der Waals surface area contributed by atoms with Crippen molar-refractivity contribution < 1.29 is 18.3 Å². The van der Waals surface area contributed by atoms with Crippen molar-refractivity contribution in [3.05, 3.63) is 23.8 Å². The summed E-state index contributed by atoms with van der Waals surface area (Å²) in [5, 5.41) is 8.43. The van der Waals surface area contributed by atoms with E-state index in [1.807, 2.05) is 0 Å². The molecule has 0 radical (unpaired) electrons. The van der Waals surface area contributed by atoms with E-state index in [0.29, 0.717) is 12.8 Å². The van der Waals surface area contributed by atoms with Crippen LogP contribution in [0.2, 0.25) is 0 Å². The van der Waals surface area contributed by atoms with Gasteiger partial charge in [0.05, 0.1) is 22.2 Å². The van der Waals surface area contributed by atoms with Gasteiger partial charge in [-0.1, -0.05) is 12.8 Å². The molecule has 0 atom stereocenters. The fraction of sp³-hybridized carbons (Fsp3) is 0.417. The van der Waals surface area contributed by atoms with Crippen molar-refractivity contribution >= 4 is 27.4 Å². The van der Waals surface area contributed by atoms with Crippen LogP contribution in [0.4, 0.5) is 11.4 Å². The Balaban J connectivity index is 2.21. The molecule has 7 heteroatoms. The number of carboxylic acid groups (broad SMARTS) is 1. The lowest BCUT2D eigenvalue weighted by molar-refractivity contribution is 0.0697. The molecule has 0 heterocycles. The number of carbonyl (C=O) groups is 1. The van der Waals surface area contributed by atoms with Crippen LogP contribution < -0.4 is 10.5 Å². The number of aromatic carboxylic acids is 1. The second-order valence-corrected chi connectivity index (χ2v) is 6.62. The molecule has 2 rings (SSSR count). The standard InChI is InChI=1S/C12H16N2O4S/c13-10-7-8(12(15)16)5-6-11(10)14-19(17,18)9-3-1-2-4-9/h5-7,9,14H,1-4,13H2,(H,15,16). The van der Waals surface area contributed by atoms with E-state index in [0.717, 1.165) is 12.8 Å². The molecule has 1 fully saturated rings. The molecule has 19 heavy (non-hydrogen) atoms. The van der Waals surface area contributed by atoms with Crippen molar-refractivity contribution in [2.24, 2.45) is 0 Å². The second kappa shape index (κ2) is 5.08. The van der Waals surface area contributed by atoms with Crippen molar-refractivity contribution in [2.75, 3.05) is 10.5 Å². The van der Waals surface area contributed by atoms with Crippen molar-refractivity contribution in [3.8, 4) is 0 Å². The number of nitrogens with one attached hydrogen (secondary N) is 1. The summed E-state index contributed by atoms with van der Waals surface area (Å²) in [6.45, 7) is 0. The first kappa shape index (κ1) is 13.7. The Hall–Kier alpha value is -1.76. The molecule has 6 nitrogen and oxygen atoms in total. The summed E-state index contributed by atoms with van der Waals surface area (Å²) < 4.78 is 26.6. The van der Waals surface area contributed by atoms with Crippen LogP contribution in [0.1, 0.15) is 36.0 Å². The molecule has 0 spiro atoms. The van der Waals surface area contributed by atoms with Crippen LogP contribution >= 0.6 is 0 Å². The molecular weight excluding hydrogens is 268 g/mol. The van der Waals surface area contributed by atoms with E-state index >= 15 is 0 Å². The lowest BCUT2D eigenvalue weighted by atomic mass is 10.2. The third-order valence-electron chi connectivity index (χ3n) is 3.29. The SMILES string of the molecule is Nc1cc(C(=O)O)ccc1NS(=O)(=O)C1CCCC1. The molecule has 1 aliphatic rings. The fourth-order valence-electron chi connectivity index (χ4n) is 2.22. The Morgan fingerprint density at radius 2 is 1.95 bits per heavy atom. The smallest absolute Gasteiger partial charge is 0.335 e. The Kier molecular flexibility index (Phi) is 3.66. The molecule has 1 aromatic carbocycles. The minimum Gasteiger partial charge on any atom is -0.478 e. The number of nitrogens with two attached hydrogens (primary N) is 1. The highest BCUT2D eigenvalue weighted by Gasteiger charge is 2.29. The zero-order valence-corrected chi connectivity index (χ0v) is 11.1. The van der Waals surface area contributed by atoms with E-state index in [4.69, 9.17) is 10.8 Å². The molecule has 0 bridgehead atoms. The number of nitrogen functional groups attached to an aromatic ring is 1.